The molecular weight excluding hydrogens is 574 g/mol. The first-order valence-corrected chi connectivity index (χ1v) is 14.7. The molecule has 3 heterocycles. The molecule has 0 radical (unpaired) electrons. The highest BCUT2D eigenvalue weighted by molar-refractivity contribution is 7.07. The molecule has 0 bridgehead atoms. The predicted octanol–water partition coefficient (Wildman–Crippen LogP) is 2.05. The maximum Gasteiger partial charge on any atom is 0.338 e. The third-order valence-electron chi connectivity index (χ3n) is 7.15. The first kappa shape index (κ1) is 30.1. The molecule has 43 heavy (non-hydrogen) atoms. The van der Waals surface area contributed by atoms with Gasteiger partial charge in [0.05, 0.1) is 55.9 Å². The molecule has 0 N–H and O–H groups in total. The molecule has 0 spiro atoms. The monoisotopic (exact) mass is 607 g/mol. The van der Waals surface area contributed by atoms with Crippen LogP contribution in [0.4, 0.5) is 0 Å². The zero-order valence-electron chi connectivity index (χ0n) is 24.5. The van der Waals surface area contributed by atoms with Crippen molar-refractivity contribution in [2.45, 2.75) is 19.9 Å². The Morgan fingerprint density at radius 1 is 1.07 bits per heavy atom. The van der Waals surface area contributed by atoms with Gasteiger partial charge >= 0.3 is 5.97 Å². The molecule has 5 rings (SSSR count). The van der Waals surface area contributed by atoms with Gasteiger partial charge in [-0.05, 0) is 55.3 Å². The highest BCUT2D eigenvalue weighted by Crippen LogP contribution is 2.32. The Balaban J connectivity index is 1.49. The van der Waals surface area contributed by atoms with E-state index in [9.17, 15) is 14.4 Å². The van der Waals surface area contributed by atoms with Crippen LogP contribution in [0.5, 0.6) is 17.2 Å². The number of carbonyl (C=O) groups excluding carboxylic acids is 2. The van der Waals surface area contributed by atoms with Crippen molar-refractivity contribution in [3.05, 3.63) is 84.5 Å². The molecule has 11 nitrogen and oxygen atoms in total. The normalized spacial score (nSPS) is 16.8. The van der Waals surface area contributed by atoms with E-state index in [4.69, 9.17) is 23.7 Å². The second-order valence-corrected chi connectivity index (χ2v) is 10.8. The molecule has 1 aromatic heterocycles. The van der Waals surface area contributed by atoms with Gasteiger partial charge in [0.2, 0.25) is 0 Å². The van der Waals surface area contributed by atoms with Gasteiger partial charge in [0.15, 0.2) is 22.9 Å². The number of esters is 1. The molecular formula is C31H33N3O8S. The van der Waals surface area contributed by atoms with Crippen LogP contribution in [-0.2, 0) is 19.1 Å². The standard InChI is InChI=1S/C31H33N3O8S/c1-5-41-30(37)27-19(2)32-31-34(28(27)21-7-9-22(38-3)10-8-21)29(36)25(43-31)17-20-6-11-23(24(16-20)39-4)42-18-26(35)33-12-14-40-15-13-33/h6-11,16-17,28H,5,12-15,18H2,1-4H3/b25-17+/t28-/m0/s1. The van der Waals surface area contributed by atoms with E-state index in [-0.39, 0.29) is 24.7 Å². The van der Waals surface area contributed by atoms with Gasteiger partial charge in [-0.2, -0.15) is 0 Å². The number of carbonyl (C=O) groups is 2. The number of amides is 1. The summed E-state index contributed by atoms with van der Waals surface area (Å²) in [6.07, 6.45) is 1.74. The first-order valence-electron chi connectivity index (χ1n) is 13.8. The van der Waals surface area contributed by atoms with Crippen molar-refractivity contribution in [2.24, 2.45) is 4.99 Å². The van der Waals surface area contributed by atoms with Gasteiger partial charge in [0.1, 0.15) is 5.75 Å². The van der Waals surface area contributed by atoms with Crippen LogP contribution in [0.2, 0.25) is 0 Å². The minimum absolute atomic E-state index is 0.123. The van der Waals surface area contributed by atoms with Crippen molar-refractivity contribution >= 4 is 29.3 Å². The fourth-order valence-corrected chi connectivity index (χ4v) is 6.03. The maximum atomic E-state index is 13.9. The molecule has 1 atom stereocenters. The van der Waals surface area contributed by atoms with Crippen LogP contribution in [0, 0.1) is 0 Å². The van der Waals surface area contributed by atoms with Crippen LogP contribution in [-0.4, -0.2) is 75.1 Å². The molecule has 1 saturated heterocycles. The first-order chi connectivity index (χ1) is 20.8. The summed E-state index contributed by atoms with van der Waals surface area (Å²) in [7, 11) is 3.09. The molecule has 2 aromatic carbocycles. The largest absolute Gasteiger partial charge is 0.497 e. The van der Waals surface area contributed by atoms with Crippen LogP contribution < -0.4 is 29.1 Å². The Bertz CT molecular complexity index is 1720. The molecule has 0 aliphatic carbocycles. The molecule has 2 aliphatic heterocycles. The van der Waals surface area contributed by atoms with Crippen LogP contribution in [0.3, 0.4) is 0 Å². The molecule has 3 aromatic rings. The zero-order valence-corrected chi connectivity index (χ0v) is 25.3. The number of aromatic nitrogens is 1. The third-order valence-corrected chi connectivity index (χ3v) is 8.13. The number of fused-ring (bicyclic) bond motifs is 1. The van der Waals surface area contributed by atoms with Gasteiger partial charge in [0, 0.05) is 13.1 Å². The van der Waals surface area contributed by atoms with Crippen LogP contribution >= 0.6 is 11.3 Å². The summed E-state index contributed by atoms with van der Waals surface area (Å²) in [6.45, 7) is 5.65. The third kappa shape index (κ3) is 6.35. The van der Waals surface area contributed by atoms with Gasteiger partial charge in [-0.15, -0.1) is 0 Å². The lowest BCUT2D eigenvalue weighted by molar-refractivity contribution is -0.139. The van der Waals surface area contributed by atoms with Crippen molar-refractivity contribution in [3.63, 3.8) is 0 Å². The van der Waals surface area contributed by atoms with Crippen LogP contribution in [0.1, 0.15) is 31.0 Å². The van der Waals surface area contributed by atoms with E-state index in [1.807, 2.05) is 12.1 Å². The van der Waals surface area contributed by atoms with Crippen molar-refractivity contribution in [2.75, 3.05) is 53.7 Å². The summed E-state index contributed by atoms with van der Waals surface area (Å²) in [5.41, 5.74) is 1.91. The lowest BCUT2D eigenvalue weighted by atomic mass is 9.96. The number of methoxy groups -OCH3 is 2. The van der Waals surface area contributed by atoms with Crippen molar-refractivity contribution in [3.8, 4) is 17.2 Å². The Labute approximate surface area is 252 Å². The maximum absolute atomic E-state index is 13.9. The summed E-state index contributed by atoms with van der Waals surface area (Å²) in [6, 6.07) is 11.7. The summed E-state index contributed by atoms with van der Waals surface area (Å²) in [4.78, 5) is 46.3. The van der Waals surface area contributed by atoms with E-state index in [1.54, 1.807) is 62.3 Å². The molecule has 0 saturated carbocycles. The lowest BCUT2D eigenvalue weighted by Gasteiger charge is -2.26. The number of benzene rings is 2. The number of hydrogen-bond donors (Lipinski definition) is 0. The van der Waals surface area contributed by atoms with Crippen molar-refractivity contribution in [1.82, 2.24) is 9.47 Å². The quantitative estimate of drug-likeness (QED) is 0.340. The number of nitrogens with zero attached hydrogens (tertiary/aromatic N) is 3. The summed E-state index contributed by atoms with van der Waals surface area (Å²) in [5.74, 6) is 0.844. The lowest BCUT2D eigenvalue weighted by Crippen LogP contribution is -2.43. The van der Waals surface area contributed by atoms with Gasteiger partial charge in [-0.1, -0.05) is 29.5 Å². The van der Waals surface area contributed by atoms with E-state index >= 15 is 0 Å². The Kier molecular flexibility index (Phi) is 9.27. The fraction of sp³-hybridized carbons (Fsp3) is 0.355. The highest BCUT2D eigenvalue weighted by atomic mass is 32.1. The van der Waals surface area contributed by atoms with Gasteiger partial charge in [-0.25, -0.2) is 9.79 Å². The summed E-state index contributed by atoms with van der Waals surface area (Å²) < 4.78 is 29.2. The second kappa shape index (κ2) is 13.3. The van der Waals surface area contributed by atoms with Crippen molar-refractivity contribution < 1.29 is 33.3 Å². The highest BCUT2D eigenvalue weighted by Gasteiger charge is 2.33. The number of morpholine rings is 1. The van der Waals surface area contributed by atoms with E-state index in [2.05, 4.69) is 4.99 Å². The molecule has 0 unspecified atom stereocenters. The fourth-order valence-electron chi connectivity index (χ4n) is 4.98. The predicted molar refractivity (Wildman–Crippen MR) is 159 cm³/mol. The number of ether oxygens (including phenoxy) is 5. The minimum atomic E-state index is -0.724. The summed E-state index contributed by atoms with van der Waals surface area (Å²) in [5, 5.41) is 0. The van der Waals surface area contributed by atoms with E-state index in [1.165, 1.54) is 23.0 Å². The molecule has 226 valence electrons. The number of allylic oxidation sites excluding steroid dienone is 1. The minimum Gasteiger partial charge on any atom is -0.497 e. The van der Waals surface area contributed by atoms with Crippen molar-refractivity contribution in [1.29, 1.82) is 0 Å². The van der Waals surface area contributed by atoms with Gasteiger partial charge < -0.3 is 28.6 Å². The van der Waals surface area contributed by atoms with Gasteiger partial charge in [0.25, 0.3) is 11.5 Å². The van der Waals surface area contributed by atoms with Crippen LogP contribution in [0.15, 0.2) is 63.5 Å². The summed E-state index contributed by atoms with van der Waals surface area (Å²) >= 11 is 1.23. The average molecular weight is 608 g/mol. The molecule has 1 amide bonds. The van der Waals surface area contributed by atoms with E-state index < -0.39 is 12.0 Å². The second-order valence-electron chi connectivity index (χ2n) is 9.77. The molecule has 1 fully saturated rings. The number of rotatable bonds is 9. The topological polar surface area (TPSA) is 118 Å². The Morgan fingerprint density at radius 3 is 2.49 bits per heavy atom. The van der Waals surface area contributed by atoms with E-state index in [0.717, 1.165) is 5.56 Å². The SMILES string of the molecule is CCOC(=O)C1=C(C)N=c2s/c(=C/c3ccc(OCC(=O)N4CCOCC4)c(OC)c3)c(=O)n2[C@H]1c1ccc(OC)cc1. The molecule has 2 aliphatic rings. The van der Waals surface area contributed by atoms with E-state index in [0.29, 0.717) is 69.7 Å². The molecule has 12 heteroatoms. The Morgan fingerprint density at radius 2 is 1.81 bits per heavy atom. The number of thiazole rings is 1. The van der Waals surface area contributed by atoms with Gasteiger partial charge in [-0.3, -0.25) is 14.2 Å². The van der Waals surface area contributed by atoms with Crippen LogP contribution in [0.25, 0.3) is 6.08 Å². The number of hydrogen-bond acceptors (Lipinski definition) is 10. The Hall–Kier alpha value is -4.42. The zero-order chi connectivity index (χ0) is 30.5. The smallest absolute Gasteiger partial charge is 0.338 e. The average Bonchev–Trinajstić information content (AvgIpc) is 3.33.